The van der Waals surface area contributed by atoms with Crippen molar-refractivity contribution in [2.75, 3.05) is 0 Å². The van der Waals surface area contributed by atoms with Gasteiger partial charge in [-0.25, -0.2) is 0 Å². The standard InChI is InChI=1S/C21H30O3/c1-5-16-9-11-17(12-10-16)15-24-21(23)14-13-18(6-2)19(7-3)20(22)8-4/h6,9-12,18-19H,2,5,7-8,13-15H2,1,3-4H3. The molecule has 0 bridgehead atoms. The number of esters is 1. The van der Waals surface area contributed by atoms with E-state index in [9.17, 15) is 9.59 Å². The summed E-state index contributed by atoms with van der Waals surface area (Å²) >= 11 is 0. The van der Waals surface area contributed by atoms with Crippen molar-refractivity contribution in [1.29, 1.82) is 0 Å². The molecule has 0 spiro atoms. The van der Waals surface area contributed by atoms with Gasteiger partial charge in [-0.2, -0.15) is 0 Å². The average molecular weight is 330 g/mol. The van der Waals surface area contributed by atoms with Crippen LogP contribution in [0.2, 0.25) is 0 Å². The second kappa shape index (κ2) is 10.8. The predicted octanol–water partition coefficient (Wildman–Crippen LogP) is 4.88. The topological polar surface area (TPSA) is 43.4 Å². The minimum absolute atomic E-state index is 0.0399. The van der Waals surface area contributed by atoms with E-state index in [4.69, 9.17) is 4.74 Å². The van der Waals surface area contributed by atoms with Crippen LogP contribution in [0.4, 0.5) is 0 Å². The summed E-state index contributed by atoms with van der Waals surface area (Å²) in [6.45, 7) is 10.1. The van der Waals surface area contributed by atoms with Crippen LogP contribution in [0.5, 0.6) is 0 Å². The van der Waals surface area contributed by atoms with Crippen LogP contribution in [-0.4, -0.2) is 11.8 Å². The number of allylic oxidation sites excluding steroid dienone is 1. The molecule has 132 valence electrons. The first-order valence-corrected chi connectivity index (χ1v) is 8.94. The maximum atomic E-state index is 12.0. The van der Waals surface area contributed by atoms with E-state index in [2.05, 4.69) is 25.6 Å². The number of hydrogen-bond acceptors (Lipinski definition) is 3. The van der Waals surface area contributed by atoms with Gasteiger partial charge in [-0.05, 0) is 36.3 Å². The summed E-state index contributed by atoms with van der Waals surface area (Å²) in [6, 6.07) is 8.09. The summed E-state index contributed by atoms with van der Waals surface area (Å²) in [5, 5.41) is 0. The molecule has 0 aliphatic rings. The normalized spacial score (nSPS) is 13.1. The molecule has 0 saturated heterocycles. The van der Waals surface area contributed by atoms with Gasteiger partial charge in [-0.3, -0.25) is 9.59 Å². The first kappa shape index (κ1) is 20.1. The van der Waals surface area contributed by atoms with Gasteiger partial charge in [0.05, 0.1) is 0 Å². The van der Waals surface area contributed by atoms with Crippen LogP contribution in [0.3, 0.4) is 0 Å². The van der Waals surface area contributed by atoms with E-state index in [0.717, 1.165) is 18.4 Å². The minimum Gasteiger partial charge on any atom is -0.461 e. The Morgan fingerprint density at radius 3 is 2.25 bits per heavy atom. The summed E-state index contributed by atoms with van der Waals surface area (Å²) in [5.74, 6) is 0.0210. The van der Waals surface area contributed by atoms with E-state index in [1.807, 2.05) is 26.0 Å². The van der Waals surface area contributed by atoms with Gasteiger partial charge in [0.15, 0.2) is 0 Å². The van der Waals surface area contributed by atoms with Crippen LogP contribution >= 0.6 is 0 Å². The summed E-state index contributed by atoms with van der Waals surface area (Å²) in [7, 11) is 0. The van der Waals surface area contributed by atoms with Gasteiger partial charge in [0.2, 0.25) is 0 Å². The number of ether oxygens (including phenoxy) is 1. The molecule has 1 aromatic carbocycles. The zero-order valence-corrected chi connectivity index (χ0v) is 15.2. The molecule has 1 aromatic rings. The molecule has 0 radical (unpaired) electrons. The summed E-state index contributed by atoms with van der Waals surface area (Å²) in [6.07, 6.45) is 5.04. The molecule has 0 fully saturated rings. The fraction of sp³-hybridized carbons (Fsp3) is 0.524. The molecular weight excluding hydrogens is 300 g/mol. The van der Waals surface area contributed by atoms with Crippen LogP contribution in [-0.2, 0) is 27.4 Å². The summed E-state index contributed by atoms with van der Waals surface area (Å²) in [4.78, 5) is 24.0. The maximum absolute atomic E-state index is 12.0. The molecule has 0 heterocycles. The van der Waals surface area contributed by atoms with E-state index in [0.29, 0.717) is 25.9 Å². The van der Waals surface area contributed by atoms with Crippen molar-refractivity contribution in [2.45, 2.75) is 59.5 Å². The Bertz CT molecular complexity index is 531. The zero-order chi connectivity index (χ0) is 17.9. The molecule has 0 aliphatic heterocycles. The highest BCUT2D eigenvalue weighted by molar-refractivity contribution is 5.81. The average Bonchev–Trinajstić information content (AvgIpc) is 2.63. The van der Waals surface area contributed by atoms with Gasteiger partial charge in [-0.1, -0.05) is 51.1 Å². The number of carbonyl (C=O) groups is 2. The second-order valence-corrected chi connectivity index (χ2v) is 6.10. The third-order valence-corrected chi connectivity index (χ3v) is 4.53. The zero-order valence-electron chi connectivity index (χ0n) is 15.2. The smallest absolute Gasteiger partial charge is 0.306 e. The van der Waals surface area contributed by atoms with Crippen molar-refractivity contribution in [1.82, 2.24) is 0 Å². The quantitative estimate of drug-likeness (QED) is 0.429. The van der Waals surface area contributed by atoms with Crippen molar-refractivity contribution in [3.63, 3.8) is 0 Å². The Kier molecular flexibility index (Phi) is 9.06. The fourth-order valence-corrected chi connectivity index (χ4v) is 2.91. The number of Topliss-reactive ketones (excluding diaryl/α,β-unsaturated/α-hetero) is 1. The van der Waals surface area contributed by atoms with Crippen LogP contribution < -0.4 is 0 Å². The van der Waals surface area contributed by atoms with E-state index < -0.39 is 0 Å². The lowest BCUT2D eigenvalue weighted by atomic mass is 9.82. The molecule has 3 heteroatoms. The van der Waals surface area contributed by atoms with Gasteiger partial charge in [0.25, 0.3) is 0 Å². The third-order valence-electron chi connectivity index (χ3n) is 4.53. The fourth-order valence-electron chi connectivity index (χ4n) is 2.91. The lowest BCUT2D eigenvalue weighted by Gasteiger charge is -2.21. The number of carbonyl (C=O) groups excluding carboxylic acids is 2. The molecule has 24 heavy (non-hydrogen) atoms. The van der Waals surface area contributed by atoms with Gasteiger partial charge >= 0.3 is 5.97 Å². The number of ketones is 1. The summed E-state index contributed by atoms with van der Waals surface area (Å²) in [5.41, 5.74) is 2.26. The van der Waals surface area contributed by atoms with E-state index in [-0.39, 0.29) is 23.6 Å². The number of hydrogen-bond donors (Lipinski definition) is 0. The van der Waals surface area contributed by atoms with Gasteiger partial charge < -0.3 is 4.74 Å². The highest BCUT2D eigenvalue weighted by Gasteiger charge is 2.23. The molecule has 3 nitrogen and oxygen atoms in total. The molecule has 2 unspecified atom stereocenters. The maximum Gasteiger partial charge on any atom is 0.306 e. The van der Waals surface area contributed by atoms with Gasteiger partial charge in [-0.15, -0.1) is 6.58 Å². The van der Waals surface area contributed by atoms with Crippen LogP contribution in [0.25, 0.3) is 0 Å². The predicted molar refractivity (Wildman–Crippen MR) is 97.6 cm³/mol. The first-order chi connectivity index (χ1) is 11.5. The number of rotatable bonds is 11. The van der Waals surface area contributed by atoms with E-state index >= 15 is 0 Å². The Morgan fingerprint density at radius 2 is 1.75 bits per heavy atom. The molecule has 0 N–H and O–H groups in total. The number of aryl methyl sites for hydroxylation is 1. The van der Waals surface area contributed by atoms with Crippen LogP contribution in [0.15, 0.2) is 36.9 Å². The van der Waals surface area contributed by atoms with Gasteiger partial charge in [0.1, 0.15) is 12.4 Å². The van der Waals surface area contributed by atoms with Crippen molar-refractivity contribution in [3.8, 4) is 0 Å². The molecular formula is C21H30O3. The highest BCUT2D eigenvalue weighted by Crippen LogP contribution is 2.24. The van der Waals surface area contributed by atoms with Crippen LogP contribution in [0, 0.1) is 11.8 Å². The molecule has 0 aliphatic carbocycles. The van der Waals surface area contributed by atoms with Gasteiger partial charge in [0, 0.05) is 18.8 Å². The lowest BCUT2D eigenvalue weighted by molar-refractivity contribution is -0.145. The lowest BCUT2D eigenvalue weighted by Crippen LogP contribution is -2.22. The van der Waals surface area contributed by atoms with E-state index in [1.54, 1.807) is 6.08 Å². The molecule has 1 rings (SSSR count). The first-order valence-electron chi connectivity index (χ1n) is 8.94. The van der Waals surface area contributed by atoms with Crippen LogP contribution in [0.1, 0.15) is 57.6 Å². The van der Waals surface area contributed by atoms with Crippen molar-refractivity contribution in [2.24, 2.45) is 11.8 Å². The Labute approximate surface area is 146 Å². The third kappa shape index (κ3) is 6.31. The largest absolute Gasteiger partial charge is 0.461 e. The Morgan fingerprint density at radius 1 is 1.12 bits per heavy atom. The molecule has 0 saturated carbocycles. The van der Waals surface area contributed by atoms with E-state index in [1.165, 1.54) is 5.56 Å². The van der Waals surface area contributed by atoms with Crippen molar-refractivity contribution >= 4 is 11.8 Å². The minimum atomic E-state index is -0.222. The molecule has 2 atom stereocenters. The Balaban J connectivity index is 2.45. The highest BCUT2D eigenvalue weighted by atomic mass is 16.5. The Hall–Kier alpha value is -1.90. The second-order valence-electron chi connectivity index (χ2n) is 6.10. The number of benzene rings is 1. The monoisotopic (exact) mass is 330 g/mol. The van der Waals surface area contributed by atoms with Crippen molar-refractivity contribution in [3.05, 3.63) is 48.0 Å². The van der Waals surface area contributed by atoms with Crippen molar-refractivity contribution < 1.29 is 14.3 Å². The summed E-state index contributed by atoms with van der Waals surface area (Å²) < 4.78 is 5.34. The molecule has 0 aromatic heterocycles. The molecule has 0 amide bonds. The SMILES string of the molecule is C=CC(CCC(=O)OCc1ccc(CC)cc1)C(CC)C(=O)CC.